The fourth-order valence-corrected chi connectivity index (χ4v) is 3.60. The van der Waals surface area contributed by atoms with E-state index in [0.29, 0.717) is 31.1 Å². The SMILES string of the molecule is OC1(C#Cc2cccc(Cl)c2)CCN(Cc2ccc3c(c2)OCCO3)CC1. The quantitative estimate of drug-likeness (QED) is 0.806. The van der Waals surface area contributed by atoms with Gasteiger partial charge in [0.15, 0.2) is 11.5 Å². The van der Waals surface area contributed by atoms with Crippen LogP contribution in [0.4, 0.5) is 0 Å². The summed E-state index contributed by atoms with van der Waals surface area (Å²) in [5.74, 6) is 7.74. The smallest absolute Gasteiger partial charge is 0.161 e. The van der Waals surface area contributed by atoms with E-state index in [1.165, 1.54) is 5.56 Å². The molecule has 0 aliphatic carbocycles. The van der Waals surface area contributed by atoms with Gasteiger partial charge in [-0.1, -0.05) is 35.6 Å². The Balaban J connectivity index is 1.36. The van der Waals surface area contributed by atoms with E-state index < -0.39 is 5.60 Å². The van der Waals surface area contributed by atoms with Crippen LogP contribution in [0, 0.1) is 11.8 Å². The summed E-state index contributed by atoms with van der Waals surface area (Å²) in [5, 5.41) is 11.4. The maximum Gasteiger partial charge on any atom is 0.161 e. The zero-order valence-electron chi connectivity index (χ0n) is 15.1. The van der Waals surface area contributed by atoms with Crippen molar-refractivity contribution in [2.24, 2.45) is 0 Å². The molecule has 0 unspecified atom stereocenters. The maximum absolute atomic E-state index is 10.8. The van der Waals surface area contributed by atoms with Crippen molar-refractivity contribution in [1.29, 1.82) is 0 Å². The molecule has 27 heavy (non-hydrogen) atoms. The summed E-state index contributed by atoms with van der Waals surface area (Å²) < 4.78 is 11.2. The van der Waals surface area contributed by atoms with Crippen molar-refractivity contribution in [2.75, 3.05) is 26.3 Å². The van der Waals surface area contributed by atoms with Gasteiger partial charge in [-0.05, 0) is 35.9 Å². The Hall–Kier alpha value is -2.19. The van der Waals surface area contributed by atoms with Gasteiger partial charge in [0.25, 0.3) is 0 Å². The van der Waals surface area contributed by atoms with Gasteiger partial charge in [0.1, 0.15) is 18.8 Å². The lowest BCUT2D eigenvalue weighted by Crippen LogP contribution is -2.43. The van der Waals surface area contributed by atoms with Crippen molar-refractivity contribution in [2.45, 2.75) is 25.0 Å². The molecule has 0 radical (unpaired) electrons. The number of nitrogens with zero attached hydrogens (tertiary/aromatic N) is 1. The number of hydrogen-bond donors (Lipinski definition) is 1. The molecule has 0 atom stereocenters. The molecule has 2 aromatic rings. The lowest BCUT2D eigenvalue weighted by molar-refractivity contribution is 0.0246. The summed E-state index contributed by atoms with van der Waals surface area (Å²) in [6.45, 7) is 3.63. The van der Waals surface area contributed by atoms with E-state index in [1.807, 2.05) is 36.4 Å². The number of halogens is 1. The first kappa shape index (κ1) is 18.2. The molecule has 5 heteroatoms. The number of likely N-dealkylation sites (tertiary alicyclic amines) is 1. The number of benzene rings is 2. The molecule has 1 saturated heterocycles. The Kier molecular flexibility index (Phi) is 5.27. The highest BCUT2D eigenvalue weighted by atomic mass is 35.5. The fourth-order valence-electron chi connectivity index (χ4n) is 3.41. The summed E-state index contributed by atoms with van der Waals surface area (Å²) in [5.41, 5.74) is 1.08. The average Bonchev–Trinajstić information content (AvgIpc) is 2.69. The number of fused-ring (bicyclic) bond motifs is 1. The Labute approximate surface area is 164 Å². The van der Waals surface area contributed by atoms with E-state index in [1.54, 1.807) is 0 Å². The minimum atomic E-state index is -0.939. The molecule has 4 rings (SSSR count). The maximum atomic E-state index is 10.8. The lowest BCUT2D eigenvalue weighted by atomic mass is 9.91. The van der Waals surface area contributed by atoms with Crippen LogP contribution in [-0.4, -0.2) is 41.9 Å². The second-order valence-corrected chi connectivity index (χ2v) is 7.48. The van der Waals surface area contributed by atoms with Gasteiger partial charge in [-0.25, -0.2) is 0 Å². The Bertz CT molecular complexity index is 879. The molecule has 2 heterocycles. The number of ether oxygens (including phenoxy) is 2. The zero-order chi connectivity index (χ0) is 18.7. The normalized spacial score (nSPS) is 18.4. The van der Waals surface area contributed by atoms with E-state index in [-0.39, 0.29) is 0 Å². The van der Waals surface area contributed by atoms with Crippen LogP contribution in [0.1, 0.15) is 24.0 Å². The van der Waals surface area contributed by atoms with E-state index >= 15 is 0 Å². The lowest BCUT2D eigenvalue weighted by Gasteiger charge is -2.35. The van der Waals surface area contributed by atoms with Gasteiger partial charge >= 0.3 is 0 Å². The highest BCUT2D eigenvalue weighted by Gasteiger charge is 2.30. The van der Waals surface area contributed by atoms with Crippen molar-refractivity contribution in [3.8, 4) is 23.3 Å². The number of rotatable bonds is 2. The van der Waals surface area contributed by atoms with Crippen molar-refractivity contribution in [3.63, 3.8) is 0 Å². The molecule has 0 spiro atoms. The van der Waals surface area contributed by atoms with E-state index in [9.17, 15) is 5.11 Å². The van der Waals surface area contributed by atoms with Gasteiger partial charge in [-0.3, -0.25) is 4.90 Å². The Morgan fingerprint density at radius 1 is 1.04 bits per heavy atom. The minimum absolute atomic E-state index is 0.596. The van der Waals surface area contributed by atoms with Crippen LogP contribution in [-0.2, 0) is 6.54 Å². The molecule has 0 amide bonds. The molecular weight excluding hydrogens is 362 g/mol. The summed E-state index contributed by atoms with van der Waals surface area (Å²) in [6.07, 6.45) is 1.26. The predicted octanol–water partition coefficient (Wildman–Crippen LogP) is 3.49. The first-order valence-corrected chi connectivity index (χ1v) is 9.59. The van der Waals surface area contributed by atoms with Crippen LogP contribution < -0.4 is 9.47 Å². The third kappa shape index (κ3) is 4.56. The first-order valence-electron chi connectivity index (χ1n) is 9.22. The monoisotopic (exact) mass is 383 g/mol. The number of aliphatic hydroxyl groups is 1. The summed E-state index contributed by atoms with van der Waals surface area (Å²) in [7, 11) is 0. The molecule has 1 N–H and O–H groups in total. The molecule has 140 valence electrons. The summed E-state index contributed by atoms with van der Waals surface area (Å²) >= 11 is 5.99. The molecule has 1 fully saturated rings. The third-order valence-corrected chi connectivity index (χ3v) is 5.20. The predicted molar refractivity (Wildman–Crippen MR) is 105 cm³/mol. The standard InChI is InChI=1S/C22H22ClNO3/c23-19-3-1-2-17(14-19)6-7-22(25)8-10-24(11-9-22)16-18-4-5-20-21(15-18)27-13-12-26-20/h1-5,14-15,25H,8-13,16H2. The highest BCUT2D eigenvalue weighted by Crippen LogP contribution is 2.31. The molecule has 0 bridgehead atoms. The third-order valence-electron chi connectivity index (χ3n) is 4.96. The van der Waals surface area contributed by atoms with Crippen molar-refractivity contribution >= 4 is 11.6 Å². The van der Waals surface area contributed by atoms with Crippen LogP contribution in [0.15, 0.2) is 42.5 Å². The number of hydrogen-bond acceptors (Lipinski definition) is 4. The van der Waals surface area contributed by atoms with Gasteiger partial charge in [0.2, 0.25) is 0 Å². The van der Waals surface area contributed by atoms with Gasteiger partial charge < -0.3 is 14.6 Å². The highest BCUT2D eigenvalue weighted by molar-refractivity contribution is 6.30. The van der Waals surface area contributed by atoms with Gasteiger partial charge in [-0.2, -0.15) is 0 Å². The Morgan fingerprint density at radius 2 is 1.81 bits per heavy atom. The van der Waals surface area contributed by atoms with Crippen LogP contribution in [0.5, 0.6) is 11.5 Å². The van der Waals surface area contributed by atoms with Crippen LogP contribution in [0.3, 0.4) is 0 Å². The molecular formula is C22H22ClNO3. The van der Waals surface area contributed by atoms with Crippen LogP contribution >= 0.6 is 11.6 Å². The fraction of sp³-hybridized carbons (Fsp3) is 0.364. The van der Waals surface area contributed by atoms with E-state index in [4.69, 9.17) is 21.1 Å². The molecule has 2 aromatic carbocycles. The van der Waals surface area contributed by atoms with Crippen molar-refractivity contribution in [3.05, 3.63) is 58.6 Å². The number of piperidine rings is 1. The van der Waals surface area contributed by atoms with Crippen molar-refractivity contribution < 1.29 is 14.6 Å². The molecule has 2 aliphatic rings. The van der Waals surface area contributed by atoms with E-state index in [0.717, 1.165) is 36.7 Å². The molecule has 0 saturated carbocycles. The van der Waals surface area contributed by atoms with Gasteiger partial charge in [0.05, 0.1) is 0 Å². The van der Waals surface area contributed by atoms with Gasteiger partial charge in [-0.15, -0.1) is 0 Å². The molecule has 2 aliphatic heterocycles. The van der Waals surface area contributed by atoms with Crippen LogP contribution in [0.2, 0.25) is 5.02 Å². The average molecular weight is 384 g/mol. The minimum Gasteiger partial charge on any atom is -0.486 e. The van der Waals surface area contributed by atoms with E-state index in [2.05, 4.69) is 22.8 Å². The molecule has 0 aromatic heterocycles. The molecule has 4 nitrogen and oxygen atoms in total. The second kappa shape index (κ2) is 7.82. The van der Waals surface area contributed by atoms with Crippen LogP contribution in [0.25, 0.3) is 0 Å². The first-order chi connectivity index (χ1) is 13.1. The summed E-state index contributed by atoms with van der Waals surface area (Å²) in [4.78, 5) is 2.33. The van der Waals surface area contributed by atoms with Crippen molar-refractivity contribution in [1.82, 2.24) is 4.90 Å². The summed E-state index contributed by atoms with van der Waals surface area (Å²) in [6, 6.07) is 13.5. The topological polar surface area (TPSA) is 41.9 Å². The Morgan fingerprint density at radius 3 is 2.59 bits per heavy atom. The zero-order valence-corrected chi connectivity index (χ0v) is 15.8. The largest absolute Gasteiger partial charge is 0.486 e. The second-order valence-electron chi connectivity index (χ2n) is 7.05. The van der Waals surface area contributed by atoms with Gasteiger partial charge in [0, 0.05) is 43.1 Å².